The molecule has 2 aromatic rings. The molecule has 0 radical (unpaired) electrons. The number of para-hydroxylation sites is 2. The van der Waals surface area contributed by atoms with E-state index in [4.69, 9.17) is 10.00 Å². The average Bonchev–Trinajstić information content (AvgIpc) is 3.15. The minimum Gasteiger partial charge on any atom is -0.452 e. The summed E-state index contributed by atoms with van der Waals surface area (Å²) in [6, 6.07) is 16.2. The van der Waals surface area contributed by atoms with Crippen molar-refractivity contribution in [3.05, 3.63) is 59.7 Å². The number of carbonyl (C=O) groups excluding carboxylic acids is 3. The normalized spacial score (nSPS) is 16.6. The van der Waals surface area contributed by atoms with Crippen LogP contribution in [0.3, 0.4) is 0 Å². The van der Waals surface area contributed by atoms with E-state index in [2.05, 4.69) is 5.32 Å². The number of nitrogens with one attached hydrogen (secondary N) is 1. The van der Waals surface area contributed by atoms with E-state index in [1.165, 1.54) is 6.92 Å². The number of nitriles is 1. The Kier molecular flexibility index (Phi) is 6.48. The van der Waals surface area contributed by atoms with Gasteiger partial charge in [0.05, 0.1) is 17.2 Å². The molecule has 0 spiro atoms. The van der Waals surface area contributed by atoms with Crippen molar-refractivity contribution in [2.24, 2.45) is 5.92 Å². The minimum atomic E-state index is -1.06. The van der Waals surface area contributed by atoms with Gasteiger partial charge < -0.3 is 15.0 Å². The summed E-state index contributed by atoms with van der Waals surface area (Å²) >= 11 is 0. The van der Waals surface area contributed by atoms with Crippen LogP contribution in [-0.2, 0) is 25.5 Å². The molecule has 154 valence electrons. The maximum atomic E-state index is 12.6. The number of carbonyl (C=O) groups is 3. The van der Waals surface area contributed by atoms with Gasteiger partial charge >= 0.3 is 5.97 Å². The first-order valence-electron chi connectivity index (χ1n) is 9.83. The highest BCUT2D eigenvalue weighted by Gasteiger charge is 2.37. The van der Waals surface area contributed by atoms with E-state index in [1.807, 2.05) is 37.3 Å². The van der Waals surface area contributed by atoms with E-state index in [0.29, 0.717) is 11.3 Å². The van der Waals surface area contributed by atoms with Gasteiger partial charge in [0, 0.05) is 18.7 Å². The Hall–Kier alpha value is -3.66. The van der Waals surface area contributed by atoms with Crippen molar-refractivity contribution < 1.29 is 19.1 Å². The van der Waals surface area contributed by atoms with E-state index in [1.54, 1.807) is 29.2 Å². The zero-order valence-corrected chi connectivity index (χ0v) is 16.9. The lowest BCUT2D eigenvalue weighted by Gasteiger charge is -2.20. The molecule has 0 aromatic heterocycles. The van der Waals surface area contributed by atoms with Crippen molar-refractivity contribution in [1.29, 1.82) is 5.26 Å². The molecule has 3 rings (SSSR count). The average molecular weight is 405 g/mol. The summed E-state index contributed by atoms with van der Waals surface area (Å²) in [4.78, 5) is 39.1. The van der Waals surface area contributed by atoms with Gasteiger partial charge in [-0.3, -0.25) is 14.4 Å². The van der Waals surface area contributed by atoms with Gasteiger partial charge in [-0.2, -0.15) is 5.26 Å². The van der Waals surface area contributed by atoms with Crippen molar-refractivity contribution in [2.45, 2.75) is 32.8 Å². The summed E-state index contributed by atoms with van der Waals surface area (Å²) in [6.45, 7) is 3.69. The first kappa shape index (κ1) is 21.1. The van der Waals surface area contributed by atoms with Crippen LogP contribution in [0.4, 0.5) is 11.4 Å². The van der Waals surface area contributed by atoms with Crippen LogP contribution in [0.15, 0.2) is 48.5 Å². The van der Waals surface area contributed by atoms with Gasteiger partial charge in [-0.15, -0.1) is 0 Å². The third kappa shape index (κ3) is 4.49. The Morgan fingerprint density at radius 2 is 1.93 bits per heavy atom. The molecule has 2 atom stereocenters. The summed E-state index contributed by atoms with van der Waals surface area (Å²) in [5.74, 6) is -1.90. The zero-order valence-electron chi connectivity index (χ0n) is 16.9. The fourth-order valence-electron chi connectivity index (χ4n) is 3.42. The number of hydrogen-bond donors (Lipinski definition) is 1. The molecule has 1 saturated heterocycles. The molecule has 1 fully saturated rings. The molecular formula is C23H23N3O4. The maximum Gasteiger partial charge on any atom is 0.312 e. The number of ether oxygens (including phenoxy) is 1. The standard InChI is InChI=1S/C23H23N3O4/c1-3-16-8-5-7-11-20(16)26-14-18(12-21(26)27)23(29)30-15(2)22(28)25-19-10-6-4-9-17(19)13-24/h4-11,15,18H,3,12,14H2,1-2H3,(H,25,28)/t15-,18+/m0/s1. The fourth-order valence-corrected chi connectivity index (χ4v) is 3.42. The van der Waals surface area contributed by atoms with Gasteiger partial charge in [-0.25, -0.2) is 0 Å². The largest absolute Gasteiger partial charge is 0.452 e. The second-order valence-electron chi connectivity index (χ2n) is 7.11. The first-order chi connectivity index (χ1) is 14.4. The van der Waals surface area contributed by atoms with Gasteiger partial charge in [0.25, 0.3) is 5.91 Å². The number of rotatable bonds is 6. The topological polar surface area (TPSA) is 99.5 Å². The van der Waals surface area contributed by atoms with E-state index in [0.717, 1.165) is 17.7 Å². The smallest absolute Gasteiger partial charge is 0.312 e. The molecule has 7 nitrogen and oxygen atoms in total. The van der Waals surface area contributed by atoms with Crippen molar-refractivity contribution in [3.8, 4) is 6.07 Å². The van der Waals surface area contributed by atoms with Crippen LogP contribution in [0.1, 0.15) is 31.4 Å². The molecule has 2 amide bonds. The van der Waals surface area contributed by atoms with Gasteiger partial charge in [0.15, 0.2) is 6.10 Å². The van der Waals surface area contributed by atoms with E-state index in [-0.39, 0.29) is 18.9 Å². The highest BCUT2D eigenvalue weighted by molar-refractivity contribution is 6.01. The molecule has 1 aliphatic heterocycles. The quantitative estimate of drug-likeness (QED) is 0.745. The number of esters is 1. The Morgan fingerprint density at radius 1 is 1.23 bits per heavy atom. The second-order valence-corrected chi connectivity index (χ2v) is 7.11. The summed E-state index contributed by atoms with van der Waals surface area (Å²) < 4.78 is 5.32. The Balaban J connectivity index is 1.62. The predicted molar refractivity (Wildman–Crippen MR) is 112 cm³/mol. The molecule has 0 unspecified atom stereocenters. The fraction of sp³-hybridized carbons (Fsp3) is 0.304. The van der Waals surface area contributed by atoms with Gasteiger partial charge in [0.2, 0.25) is 5.91 Å². The maximum absolute atomic E-state index is 12.6. The van der Waals surface area contributed by atoms with Gasteiger partial charge in [-0.05, 0) is 37.1 Å². The number of aryl methyl sites for hydroxylation is 1. The number of benzene rings is 2. The van der Waals surface area contributed by atoms with Crippen LogP contribution in [0, 0.1) is 17.2 Å². The first-order valence-corrected chi connectivity index (χ1v) is 9.83. The minimum absolute atomic E-state index is 0.0441. The molecule has 0 bridgehead atoms. The zero-order chi connectivity index (χ0) is 21.7. The molecule has 7 heteroatoms. The van der Waals surface area contributed by atoms with Gasteiger partial charge in [-0.1, -0.05) is 37.3 Å². The molecular weight excluding hydrogens is 382 g/mol. The third-order valence-electron chi connectivity index (χ3n) is 5.09. The lowest BCUT2D eigenvalue weighted by Crippen LogP contribution is -2.33. The SMILES string of the molecule is CCc1ccccc1N1C[C@H](C(=O)O[C@@H](C)C(=O)Nc2ccccc2C#N)CC1=O. The van der Waals surface area contributed by atoms with E-state index >= 15 is 0 Å². The van der Waals surface area contributed by atoms with Crippen LogP contribution < -0.4 is 10.2 Å². The number of anilines is 2. The molecule has 2 aromatic carbocycles. The molecule has 1 N–H and O–H groups in total. The Bertz CT molecular complexity index is 1010. The summed E-state index contributed by atoms with van der Waals surface area (Å²) in [6.07, 6.45) is -0.241. The highest BCUT2D eigenvalue weighted by atomic mass is 16.5. The second kappa shape index (κ2) is 9.23. The van der Waals surface area contributed by atoms with Crippen LogP contribution in [0.5, 0.6) is 0 Å². The molecule has 1 aliphatic rings. The van der Waals surface area contributed by atoms with Crippen LogP contribution in [0.2, 0.25) is 0 Å². The Labute approximate surface area is 175 Å². The predicted octanol–water partition coefficient (Wildman–Crippen LogP) is 3.04. The van der Waals surface area contributed by atoms with Crippen LogP contribution in [0.25, 0.3) is 0 Å². The lowest BCUT2D eigenvalue weighted by atomic mass is 10.1. The number of amides is 2. The monoisotopic (exact) mass is 405 g/mol. The molecule has 0 saturated carbocycles. The van der Waals surface area contributed by atoms with E-state index < -0.39 is 23.9 Å². The summed E-state index contributed by atoms with van der Waals surface area (Å²) in [5.41, 5.74) is 2.50. The van der Waals surface area contributed by atoms with Crippen molar-refractivity contribution >= 4 is 29.2 Å². The molecule has 1 heterocycles. The number of hydrogen-bond acceptors (Lipinski definition) is 5. The van der Waals surface area contributed by atoms with Crippen molar-refractivity contribution in [3.63, 3.8) is 0 Å². The summed E-state index contributed by atoms with van der Waals surface area (Å²) in [7, 11) is 0. The highest BCUT2D eigenvalue weighted by Crippen LogP contribution is 2.29. The van der Waals surface area contributed by atoms with Crippen LogP contribution >= 0.6 is 0 Å². The van der Waals surface area contributed by atoms with Crippen LogP contribution in [-0.4, -0.2) is 30.4 Å². The van der Waals surface area contributed by atoms with Crippen molar-refractivity contribution in [1.82, 2.24) is 0 Å². The van der Waals surface area contributed by atoms with E-state index in [9.17, 15) is 14.4 Å². The molecule has 0 aliphatic carbocycles. The summed E-state index contributed by atoms with van der Waals surface area (Å²) in [5, 5.41) is 11.7. The van der Waals surface area contributed by atoms with Crippen molar-refractivity contribution in [2.75, 3.05) is 16.8 Å². The van der Waals surface area contributed by atoms with Gasteiger partial charge in [0.1, 0.15) is 6.07 Å². The molecule has 30 heavy (non-hydrogen) atoms. The third-order valence-corrected chi connectivity index (χ3v) is 5.09. The Morgan fingerprint density at radius 3 is 2.67 bits per heavy atom. The lowest BCUT2D eigenvalue weighted by molar-refractivity contribution is -0.157. The number of nitrogens with zero attached hydrogens (tertiary/aromatic N) is 2.